The molecule has 0 spiro atoms. The van der Waals surface area contributed by atoms with Gasteiger partial charge in [0.2, 0.25) is 5.91 Å². The Kier molecular flexibility index (Phi) is 4.49. The molecule has 1 aromatic carbocycles. The van der Waals surface area contributed by atoms with E-state index in [0.29, 0.717) is 25.1 Å². The lowest BCUT2D eigenvalue weighted by atomic mass is 9.91. The summed E-state index contributed by atoms with van der Waals surface area (Å²) in [4.78, 5) is 30.8. The third-order valence-electron chi connectivity index (χ3n) is 4.63. The van der Waals surface area contributed by atoms with Crippen molar-refractivity contribution in [2.75, 3.05) is 20.3 Å². The summed E-state index contributed by atoms with van der Waals surface area (Å²) >= 11 is 0. The molecule has 1 atom stereocenters. The molecule has 2 amide bonds. The topological polar surface area (TPSA) is 85.5 Å². The lowest BCUT2D eigenvalue weighted by Gasteiger charge is -2.37. The van der Waals surface area contributed by atoms with Crippen molar-refractivity contribution in [3.8, 4) is 0 Å². The van der Waals surface area contributed by atoms with Crippen molar-refractivity contribution in [1.29, 1.82) is 0 Å². The predicted octanol–water partition coefficient (Wildman–Crippen LogP) is 1.73. The highest BCUT2D eigenvalue weighted by molar-refractivity contribution is 6.06. The SMILES string of the molecule is COCC1(CC(N)=O)CCCN1C(=O)c1cccc2ncccc12. The molecule has 1 fully saturated rings. The highest BCUT2D eigenvalue weighted by Gasteiger charge is 2.45. The molecule has 6 heteroatoms. The minimum Gasteiger partial charge on any atom is -0.382 e. The van der Waals surface area contributed by atoms with Gasteiger partial charge >= 0.3 is 0 Å². The molecule has 0 aliphatic carbocycles. The van der Waals surface area contributed by atoms with Crippen LogP contribution < -0.4 is 5.73 Å². The zero-order valence-corrected chi connectivity index (χ0v) is 13.7. The number of ether oxygens (including phenoxy) is 1. The molecule has 2 aromatic rings. The van der Waals surface area contributed by atoms with E-state index in [2.05, 4.69) is 4.98 Å². The third-order valence-corrected chi connectivity index (χ3v) is 4.63. The van der Waals surface area contributed by atoms with Crippen LogP contribution in [-0.2, 0) is 9.53 Å². The molecule has 126 valence electrons. The number of aromatic nitrogens is 1. The summed E-state index contributed by atoms with van der Waals surface area (Å²) < 4.78 is 5.32. The molecule has 24 heavy (non-hydrogen) atoms. The van der Waals surface area contributed by atoms with Gasteiger partial charge in [-0.25, -0.2) is 0 Å². The minimum atomic E-state index is -0.665. The van der Waals surface area contributed by atoms with Crippen molar-refractivity contribution in [3.63, 3.8) is 0 Å². The van der Waals surface area contributed by atoms with Gasteiger partial charge < -0.3 is 15.4 Å². The second-order valence-corrected chi connectivity index (χ2v) is 6.24. The second kappa shape index (κ2) is 6.57. The van der Waals surface area contributed by atoms with E-state index in [0.717, 1.165) is 17.3 Å². The average molecular weight is 327 g/mol. The van der Waals surface area contributed by atoms with Gasteiger partial charge in [-0.05, 0) is 31.0 Å². The van der Waals surface area contributed by atoms with Crippen molar-refractivity contribution in [2.24, 2.45) is 5.73 Å². The maximum atomic E-state index is 13.2. The van der Waals surface area contributed by atoms with Gasteiger partial charge in [-0.1, -0.05) is 12.1 Å². The minimum absolute atomic E-state index is 0.107. The quantitative estimate of drug-likeness (QED) is 0.906. The van der Waals surface area contributed by atoms with Crippen LogP contribution in [0.25, 0.3) is 10.9 Å². The van der Waals surface area contributed by atoms with Crippen molar-refractivity contribution in [1.82, 2.24) is 9.88 Å². The highest BCUT2D eigenvalue weighted by Crippen LogP contribution is 2.35. The van der Waals surface area contributed by atoms with Crippen LogP contribution in [0.3, 0.4) is 0 Å². The number of pyridine rings is 1. The normalized spacial score (nSPS) is 20.5. The smallest absolute Gasteiger partial charge is 0.255 e. The first-order valence-corrected chi connectivity index (χ1v) is 8.00. The van der Waals surface area contributed by atoms with Gasteiger partial charge in [0.1, 0.15) is 0 Å². The van der Waals surface area contributed by atoms with Crippen LogP contribution in [0.1, 0.15) is 29.6 Å². The summed E-state index contributed by atoms with van der Waals surface area (Å²) in [6.45, 7) is 0.886. The molecule has 1 saturated heterocycles. The fourth-order valence-corrected chi connectivity index (χ4v) is 3.67. The second-order valence-electron chi connectivity index (χ2n) is 6.24. The van der Waals surface area contributed by atoms with Crippen molar-refractivity contribution >= 4 is 22.7 Å². The van der Waals surface area contributed by atoms with Crippen LogP contribution in [0.4, 0.5) is 0 Å². The zero-order valence-electron chi connectivity index (χ0n) is 13.7. The molecule has 0 saturated carbocycles. The number of carbonyl (C=O) groups excluding carboxylic acids is 2. The van der Waals surface area contributed by atoms with E-state index in [4.69, 9.17) is 10.5 Å². The third kappa shape index (κ3) is 2.85. The summed E-state index contributed by atoms with van der Waals surface area (Å²) in [5.41, 5.74) is 6.14. The Morgan fingerprint density at radius 3 is 2.92 bits per heavy atom. The maximum Gasteiger partial charge on any atom is 0.255 e. The molecule has 0 radical (unpaired) electrons. The van der Waals surface area contributed by atoms with Gasteiger partial charge in [0.15, 0.2) is 0 Å². The van der Waals surface area contributed by atoms with Gasteiger partial charge in [0.25, 0.3) is 5.91 Å². The number of primary amides is 1. The number of nitrogens with two attached hydrogens (primary N) is 1. The Bertz CT molecular complexity index is 772. The number of amides is 2. The first-order valence-electron chi connectivity index (χ1n) is 8.00. The summed E-state index contributed by atoms with van der Waals surface area (Å²) in [6, 6.07) is 9.20. The van der Waals surface area contributed by atoms with Crippen LogP contribution >= 0.6 is 0 Å². The Morgan fingerprint density at radius 1 is 1.33 bits per heavy atom. The van der Waals surface area contributed by atoms with Crippen molar-refractivity contribution in [3.05, 3.63) is 42.1 Å². The van der Waals surface area contributed by atoms with Crippen molar-refractivity contribution in [2.45, 2.75) is 24.8 Å². The maximum absolute atomic E-state index is 13.2. The summed E-state index contributed by atoms with van der Waals surface area (Å²) in [6.07, 6.45) is 3.34. The van der Waals surface area contributed by atoms with E-state index < -0.39 is 11.4 Å². The fraction of sp³-hybridized carbons (Fsp3) is 0.389. The molecule has 1 aromatic heterocycles. The lowest BCUT2D eigenvalue weighted by molar-refractivity contribution is -0.121. The number of methoxy groups -OCH3 is 1. The van der Waals surface area contributed by atoms with Crippen LogP contribution in [-0.4, -0.2) is 47.5 Å². The predicted molar refractivity (Wildman–Crippen MR) is 90.4 cm³/mol. The molecular formula is C18H21N3O3. The van der Waals surface area contributed by atoms with Gasteiger partial charge in [-0.15, -0.1) is 0 Å². The number of carbonyl (C=O) groups is 2. The molecule has 1 aliphatic heterocycles. The number of fused-ring (bicyclic) bond motifs is 1. The molecule has 2 N–H and O–H groups in total. The average Bonchev–Trinajstić information content (AvgIpc) is 2.96. The van der Waals surface area contributed by atoms with E-state index in [9.17, 15) is 9.59 Å². The number of nitrogens with zero attached hydrogens (tertiary/aromatic N) is 2. The highest BCUT2D eigenvalue weighted by atomic mass is 16.5. The monoisotopic (exact) mass is 327 g/mol. The van der Waals surface area contributed by atoms with E-state index in [1.807, 2.05) is 24.3 Å². The van der Waals surface area contributed by atoms with Gasteiger partial charge in [0.05, 0.1) is 24.1 Å². The molecule has 3 rings (SSSR count). The summed E-state index contributed by atoms with van der Waals surface area (Å²) in [5, 5.41) is 0.808. The molecule has 2 heterocycles. The molecular weight excluding hydrogens is 306 g/mol. The van der Waals surface area contributed by atoms with Gasteiger partial charge in [-0.3, -0.25) is 14.6 Å². The standard InChI is InChI=1S/C18H21N3O3/c1-24-12-18(11-16(19)22)8-4-10-21(18)17(23)14-5-2-7-15-13(14)6-3-9-20-15/h2-3,5-7,9H,4,8,10-12H2,1H3,(H2,19,22). The Balaban J connectivity index is 2.02. The Labute approximate surface area is 140 Å². The Morgan fingerprint density at radius 2 is 2.17 bits per heavy atom. The van der Waals surface area contributed by atoms with Crippen molar-refractivity contribution < 1.29 is 14.3 Å². The van der Waals surface area contributed by atoms with Gasteiger partial charge in [0, 0.05) is 30.8 Å². The van der Waals surface area contributed by atoms with E-state index >= 15 is 0 Å². The number of hydrogen-bond acceptors (Lipinski definition) is 4. The fourth-order valence-electron chi connectivity index (χ4n) is 3.67. The van der Waals surface area contributed by atoms with E-state index in [-0.39, 0.29) is 12.3 Å². The number of rotatable bonds is 5. The summed E-state index contributed by atoms with van der Waals surface area (Å²) in [5.74, 6) is -0.532. The Hall–Kier alpha value is -2.47. The van der Waals surface area contributed by atoms with E-state index in [1.54, 1.807) is 24.3 Å². The number of likely N-dealkylation sites (tertiary alicyclic amines) is 1. The zero-order chi connectivity index (χ0) is 17.2. The summed E-state index contributed by atoms with van der Waals surface area (Å²) in [7, 11) is 1.57. The van der Waals surface area contributed by atoms with E-state index in [1.165, 1.54) is 0 Å². The molecule has 0 bridgehead atoms. The number of benzene rings is 1. The van der Waals surface area contributed by atoms with Gasteiger partial charge in [-0.2, -0.15) is 0 Å². The lowest BCUT2D eigenvalue weighted by Crippen LogP contribution is -2.52. The number of hydrogen-bond donors (Lipinski definition) is 1. The molecule has 1 aliphatic rings. The molecule has 1 unspecified atom stereocenters. The largest absolute Gasteiger partial charge is 0.382 e. The molecule has 6 nitrogen and oxygen atoms in total. The van der Waals surface area contributed by atoms with Crippen LogP contribution in [0.5, 0.6) is 0 Å². The first kappa shape index (κ1) is 16.4. The first-order chi connectivity index (χ1) is 11.6. The van der Waals surface area contributed by atoms with Crippen LogP contribution in [0, 0.1) is 0 Å². The van der Waals surface area contributed by atoms with Crippen LogP contribution in [0.15, 0.2) is 36.5 Å². The van der Waals surface area contributed by atoms with Crippen LogP contribution in [0.2, 0.25) is 0 Å².